The Labute approximate surface area is 193 Å². The molecule has 3 aromatic rings. The number of methoxy groups -OCH3 is 2. The fraction of sp³-hybridized carbons (Fsp3) is 0.400. The van der Waals surface area contributed by atoms with Gasteiger partial charge in [-0.25, -0.2) is 0 Å². The van der Waals surface area contributed by atoms with Crippen LogP contribution in [0.4, 0.5) is 11.7 Å². The number of hydrogen-bond donors (Lipinski definition) is 1. The molecule has 1 fully saturated rings. The molecular formula is C25H30N4O4. The fourth-order valence-corrected chi connectivity index (χ4v) is 3.97. The number of carbonyl (C=O) groups excluding carboxylic acids is 1. The lowest BCUT2D eigenvalue weighted by atomic mass is 9.96. The van der Waals surface area contributed by atoms with E-state index in [4.69, 9.17) is 14.0 Å². The van der Waals surface area contributed by atoms with E-state index >= 15 is 0 Å². The molecule has 1 amide bonds. The van der Waals surface area contributed by atoms with Gasteiger partial charge in [0.25, 0.3) is 0 Å². The number of ether oxygens (including phenoxy) is 2. The molecule has 33 heavy (non-hydrogen) atoms. The van der Waals surface area contributed by atoms with E-state index in [0.717, 1.165) is 5.56 Å². The van der Waals surface area contributed by atoms with Crippen LogP contribution in [0, 0.1) is 5.92 Å². The first-order chi connectivity index (χ1) is 16.0. The van der Waals surface area contributed by atoms with E-state index in [-0.39, 0.29) is 11.8 Å². The van der Waals surface area contributed by atoms with Crippen molar-refractivity contribution in [3.63, 3.8) is 0 Å². The summed E-state index contributed by atoms with van der Waals surface area (Å²) in [6, 6.07) is 14.1. The molecule has 0 aliphatic carbocycles. The Morgan fingerprint density at radius 2 is 1.76 bits per heavy atom. The minimum absolute atomic E-state index is 0.00155. The van der Waals surface area contributed by atoms with Gasteiger partial charge in [0.15, 0.2) is 11.5 Å². The predicted molar refractivity (Wildman–Crippen MR) is 127 cm³/mol. The van der Waals surface area contributed by atoms with Gasteiger partial charge in [-0.1, -0.05) is 43.3 Å². The normalized spacial score (nSPS) is 14.4. The summed E-state index contributed by atoms with van der Waals surface area (Å²) in [5, 5.41) is 7.13. The Morgan fingerprint density at radius 1 is 1.06 bits per heavy atom. The number of rotatable bonds is 7. The van der Waals surface area contributed by atoms with Gasteiger partial charge in [0.05, 0.1) is 14.2 Å². The summed E-state index contributed by atoms with van der Waals surface area (Å²) in [6.45, 7) is 5.69. The van der Waals surface area contributed by atoms with Crippen molar-refractivity contribution in [2.45, 2.75) is 32.6 Å². The minimum Gasteiger partial charge on any atom is -0.493 e. The highest BCUT2D eigenvalue weighted by atomic mass is 16.5. The Kier molecular flexibility index (Phi) is 6.82. The molecule has 8 heteroatoms. The van der Waals surface area contributed by atoms with Crippen molar-refractivity contribution in [2.75, 3.05) is 37.5 Å². The quantitative estimate of drug-likeness (QED) is 0.556. The highest BCUT2D eigenvalue weighted by molar-refractivity contribution is 5.93. The first-order valence-electron chi connectivity index (χ1n) is 11.2. The van der Waals surface area contributed by atoms with E-state index in [1.165, 1.54) is 5.56 Å². The van der Waals surface area contributed by atoms with Crippen molar-refractivity contribution in [3.05, 3.63) is 48.0 Å². The number of benzene rings is 2. The Balaban J connectivity index is 1.34. The molecule has 1 aliphatic heterocycles. The fourth-order valence-electron chi connectivity index (χ4n) is 3.97. The number of hydrogen-bond acceptors (Lipinski definition) is 7. The molecule has 4 rings (SSSR count). The van der Waals surface area contributed by atoms with E-state index in [2.05, 4.69) is 41.4 Å². The van der Waals surface area contributed by atoms with E-state index in [0.29, 0.717) is 60.9 Å². The maximum atomic E-state index is 12.8. The van der Waals surface area contributed by atoms with Gasteiger partial charge in [-0.2, -0.15) is 4.98 Å². The van der Waals surface area contributed by atoms with Crippen molar-refractivity contribution < 1.29 is 18.8 Å². The summed E-state index contributed by atoms with van der Waals surface area (Å²) in [7, 11) is 3.15. The zero-order chi connectivity index (χ0) is 23.4. The first kappa shape index (κ1) is 22.6. The van der Waals surface area contributed by atoms with E-state index in [1.807, 2.05) is 23.1 Å². The van der Waals surface area contributed by atoms with Crippen LogP contribution in [-0.4, -0.2) is 43.4 Å². The molecule has 0 spiro atoms. The van der Waals surface area contributed by atoms with Gasteiger partial charge in [-0.15, -0.1) is 0 Å². The predicted octanol–water partition coefficient (Wildman–Crippen LogP) is 4.73. The van der Waals surface area contributed by atoms with Crippen LogP contribution in [0.2, 0.25) is 0 Å². The third-order valence-corrected chi connectivity index (χ3v) is 6.04. The molecule has 8 nitrogen and oxygen atoms in total. The average Bonchev–Trinajstić information content (AvgIpc) is 3.34. The van der Waals surface area contributed by atoms with Gasteiger partial charge in [0.2, 0.25) is 11.7 Å². The Hall–Kier alpha value is -3.55. The van der Waals surface area contributed by atoms with Crippen molar-refractivity contribution in [3.8, 4) is 22.9 Å². The number of aromatic nitrogens is 2. The zero-order valence-electron chi connectivity index (χ0n) is 19.5. The average molecular weight is 451 g/mol. The lowest BCUT2D eigenvalue weighted by molar-refractivity contribution is -0.120. The maximum absolute atomic E-state index is 12.8. The number of amides is 1. The van der Waals surface area contributed by atoms with Crippen LogP contribution in [0.1, 0.15) is 38.2 Å². The minimum atomic E-state index is -0.0830. The highest BCUT2D eigenvalue weighted by Crippen LogP contribution is 2.31. The van der Waals surface area contributed by atoms with Crippen LogP contribution in [0.15, 0.2) is 47.0 Å². The van der Waals surface area contributed by atoms with Gasteiger partial charge < -0.3 is 24.2 Å². The zero-order valence-corrected chi connectivity index (χ0v) is 19.5. The molecular weight excluding hydrogens is 420 g/mol. The van der Waals surface area contributed by atoms with Crippen molar-refractivity contribution in [2.24, 2.45) is 5.92 Å². The molecule has 1 saturated heterocycles. The number of anilines is 2. The van der Waals surface area contributed by atoms with E-state index in [1.54, 1.807) is 26.4 Å². The van der Waals surface area contributed by atoms with Crippen LogP contribution in [0.5, 0.6) is 11.5 Å². The summed E-state index contributed by atoms with van der Waals surface area (Å²) in [5.74, 6) is 2.17. The summed E-state index contributed by atoms with van der Waals surface area (Å²) >= 11 is 0. The summed E-state index contributed by atoms with van der Waals surface area (Å²) in [4.78, 5) is 19.4. The van der Waals surface area contributed by atoms with Crippen LogP contribution in [-0.2, 0) is 4.79 Å². The van der Waals surface area contributed by atoms with Gasteiger partial charge >= 0.3 is 6.01 Å². The monoisotopic (exact) mass is 450 g/mol. The SMILES string of the molecule is COc1ccc(NC(=O)C2CCN(c3nc(-c4ccc(C(C)C)cc4)no3)CC2)cc1OC. The van der Waals surface area contributed by atoms with Gasteiger partial charge in [0.1, 0.15) is 0 Å². The van der Waals surface area contributed by atoms with Crippen molar-refractivity contribution >= 4 is 17.6 Å². The molecule has 0 bridgehead atoms. The molecule has 2 aromatic carbocycles. The topological polar surface area (TPSA) is 89.7 Å². The second-order valence-corrected chi connectivity index (χ2v) is 8.50. The van der Waals surface area contributed by atoms with Gasteiger partial charge in [-0.05, 0) is 36.5 Å². The van der Waals surface area contributed by atoms with Crippen LogP contribution < -0.4 is 19.7 Å². The van der Waals surface area contributed by atoms with Crippen LogP contribution in [0.25, 0.3) is 11.4 Å². The number of nitrogens with zero attached hydrogens (tertiary/aromatic N) is 3. The molecule has 2 heterocycles. The summed E-state index contributed by atoms with van der Waals surface area (Å²) in [5.41, 5.74) is 2.89. The molecule has 0 atom stereocenters. The van der Waals surface area contributed by atoms with Crippen LogP contribution >= 0.6 is 0 Å². The summed E-state index contributed by atoms with van der Waals surface area (Å²) < 4.78 is 16.1. The standard InChI is InChI=1S/C25H30N4O4/c1-16(2)17-5-7-18(8-6-17)23-27-25(33-28-23)29-13-11-19(12-14-29)24(30)26-20-9-10-21(31-3)22(15-20)32-4/h5-10,15-16,19H,11-14H2,1-4H3,(H,26,30). The van der Waals surface area contributed by atoms with E-state index < -0.39 is 0 Å². The molecule has 1 N–H and O–H groups in total. The molecule has 0 saturated carbocycles. The number of carbonyl (C=O) groups is 1. The lowest BCUT2D eigenvalue weighted by Gasteiger charge is -2.29. The molecule has 1 aliphatic rings. The second-order valence-electron chi connectivity index (χ2n) is 8.50. The van der Waals surface area contributed by atoms with Crippen LogP contribution in [0.3, 0.4) is 0 Å². The third kappa shape index (κ3) is 5.10. The molecule has 1 aromatic heterocycles. The van der Waals surface area contributed by atoms with Gasteiger partial charge in [0, 0.05) is 36.3 Å². The highest BCUT2D eigenvalue weighted by Gasteiger charge is 2.28. The number of piperidine rings is 1. The van der Waals surface area contributed by atoms with Crippen molar-refractivity contribution in [1.82, 2.24) is 10.1 Å². The molecule has 0 unspecified atom stereocenters. The smallest absolute Gasteiger partial charge is 0.324 e. The first-order valence-corrected chi connectivity index (χ1v) is 11.2. The van der Waals surface area contributed by atoms with Crippen molar-refractivity contribution in [1.29, 1.82) is 0 Å². The summed E-state index contributed by atoms with van der Waals surface area (Å²) in [6.07, 6.45) is 1.42. The maximum Gasteiger partial charge on any atom is 0.324 e. The molecule has 0 radical (unpaired) electrons. The third-order valence-electron chi connectivity index (χ3n) is 6.04. The number of nitrogens with one attached hydrogen (secondary N) is 1. The van der Waals surface area contributed by atoms with Gasteiger partial charge in [-0.3, -0.25) is 4.79 Å². The van der Waals surface area contributed by atoms with E-state index in [9.17, 15) is 4.79 Å². The Bertz CT molecular complexity index is 1090. The molecule has 174 valence electrons. The Morgan fingerprint density at radius 3 is 2.39 bits per heavy atom. The second kappa shape index (κ2) is 9.94. The largest absolute Gasteiger partial charge is 0.493 e. The lowest BCUT2D eigenvalue weighted by Crippen LogP contribution is -2.38.